The molecule has 0 spiro atoms. The Morgan fingerprint density at radius 1 is 1.22 bits per heavy atom. The molecule has 2 aliphatic rings. The van der Waals surface area contributed by atoms with E-state index in [0.29, 0.717) is 12.0 Å². The van der Waals surface area contributed by atoms with Crippen LogP contribution < -0.4 is 4.90 Å². The summed E-state index contributed by atoms with van der Waals surface area (Å²) in [4.78, 5) is 6.90. The first-order chi connectivity index (χ1) is 8.75. The third kappa shape index (κ3) is 2.28. The van der Waals surface area contributed by atoms with E-state index in [1.54, 1.807) is 0 Å². The highest BCUT2D eigenvalue weighted by molar-refractivity contribution is 9.10. The van der Waals surface area contributed by atoms with Gasteiger partial charge in [-0.25, -0.2) is 4.98 Å². The van der Waals surface area contributed by atoms with Crippen LogP contribution in [0.4, 0.5) is 5.82 Å². The van der Waals surface area contributed by atoms with Crippen molar-refractivity contribution >= 4 is 21.7 Å². The van der Waals surface area contributed by atoms with Crippen molar-refractivity contribution in [3.05, 3.63) is 22.8 Å². The smallest absolute Gasteiger partial charge is 0.128 e. The van der Waals surface area contributed by atoms with E-state index >= 15 is 0 Å². The molecule has 3 atom stereocenters. The molecule has 18 heavy (non-hydrogen) atoms. The van der Waals surface area contributed by atoms with Crippen molar-refractivity contribution in [1.29, 1.82) is 0 Å². The zero-order valence-corrected chi connectivity index (χ0v) is 12.0. The predicted octanol–water partition coefficient (Wildman–Crippen LogP) is 2.97. The summed E-state index contributed by atoms with van der Waals surface area (Å²) in [6.45, 7) is 1.07. The zero-order valence-electron chi connectivity index (χ0n) is 10.4. The minimum absolute atomic E-state index is 0.106. The van der Waals surface area contributed by atoms with Gasteiger partial charge in [0.2, 0.25) is 0 Å². The highest BCUT2D eigenvalue weighted by Crippen LogP contribution is 2.37. The lowest BCUT2D eigenvalue weighted by molar-refractivity contribution is 0.118. The number of nitrogens with zero attached hydrogens (tertiary/aromatic N) is 2. The van der Waals surface area contributed by atoms with Crippen LogP contribution in [-0.4, -0.2) is 28.8 Å². The monoisotopic (exact) mass is 310 g/mol. The number of aromatic nitrogens is 1. The van der Waals surface area contributed by atoms with Crippen LogP contribution in [0.25, 0.3) is 0 Å². The Hall–Kier alpha value is -0.610. The molecule has 98 valence electrons. The maximum atomic E-state index is 10.1. The van der Waals surface area contributed by atoms with E-state index in [1.807, 2.05) is 12.3 Å². The summed E-state index contributed by atoms with van der Waals surface area (Å²) < 4.78 is 1.02. The van der Waals surface area contributed by atoms with Gasteiger partial charge >= 0.3 is 0 Å². The summed E-state index contributed by atoms with van der Waals surface area (Å²) in [6.07, 6.45) is 7.47. The fourth-order valence-corrected chi connectivity index (χ4v) is 3.71. The molecule has 0 bridgehead atoms. The van der Waals surface area contributed by atoms with E-state index in [1.165, 1.54) is 25.7 Å². The summed E-state index contributed by atoms with van der Waals surface area (Å²) in [6, 6.07) is 4.60. The molecule has 1 aliphatic heterocycles. The second kappa shape index (κ2) is 5.17. The Kier molecular flexibility index (Phi) is 3.57. The maximum Gasteiger partial charge on any atom is 0.128 e. The van der Waals surface area contributed by atoms with Gasteiger partial charge in [0, 0.05) is 29.2 Å². The van der Waals surface area contributed by atoms with Crippen LogP contribution in [-0.2, 0) is 0 Å². The Balaban J connectivity index is 1.80. The van der Waals surface area contributed by atoms with Gasteiger partial charge in [-0.1, -0.05) is 6.42 Å². The molecule has 0 radical (unpaired) electrons. The third-order valence-electron chi connectivity index (χ3n) is 4.33. The van der Waals surface area contributed by atoms with Crippen LogP contribution in [0, 0.1) is 5.92 Å². The van der Waals surface area contributed by atoms with E-state index in [4.69, 9.17) is 0 Å². The van der Waals surface area contributed by atoms with Crippen molar-refractivity contribution in [3.63, 3.8) is 0 Å². The summed E-state index contributed by atoms with van der Waals surface area (Å²) in [5.74, 6) is 1.50. The van der Waals surface area contributed by atoms with E-state index < -0.39 is 0 Å². The first-order valence-electron chi connectivity index (χ1n) is 6.82. The van der Waals surface area contributed by atoms with E-state index in [0.717, 1.165) is 23.3 Å². The maximum absolute atomic E-state index is 10.1. The molecule has 0 amide bonds. The first-order valence-corrected chi connectivity index (χ1v) is 7.61. The molecule has 1 N–H and O–H groups in total. The van der Waals surface area contributed by atoms with Gasteiger partial charge in [-0.3, -0.25) is 0 Å². The lowest BCUT2D eigenvalue weighted by Gasteiger charge is -2.32. The predicted molar refractivity (Wildman–Crippen MR) is 75.7 cm³/mol. The standard InChI is InChI=1S/C14H19BrN2O/c15-10-6-7-14(16-9-10)17-8-2-4-12(17)11-3-1-5-13(11)18/h6-7,9,11-13,18H,1-5,8H2. The Labute approximate surface area is 116 Å². The summed E-state index contributed by atoms with van der Waals surface area (Å²) in [5.41, 5.74) is 0. The van der Waals surface area contributed by atoms with Crippen molar-refractivity contribution < 1.29 is 5.11 Å². The lowest BCUT2D eigenvalue weighted by Crippen LogP contribution is -2.39. The molecule has 4 heteroatoms. The van der Waals surface area contributed by atoms with Gasteiger partial charge in [-0.15, -0.1) is 0 Å². The summed E-state index contributed by atoms with van der Waals surface area (Å²) >= 11 is 3.42. The van der Waals surface area contributed by atoms with Gasteiger partial charge in [0.05, 0.1) is 6.10 Å². The third-order valence-corrected chi connectivity index (χ3v) is 4.80. The Morgan fingerprint density at radius 2 is 2.11 bits per heavy atom. The number of pyridine rings is 1. The Morgan fingerprint density at radius 3 is 2.78 bits per heavy atom. The molecule has 3 nitrogen and oxygen atoms in total. The molecular formula is C14H19BrN2O. The number of anilines is 1. The van der Waals surface area contributed by atoms with Crippen LogP contribution in [0.3, 0.4) is 0 Å². The number of hydrogen-bond acceptors (Lipinski definition) is 3. The van der Waals surface area contributed by atoms with Gasteiger partial charge in [-0.2, -0.15) is 0 Å². The molecule has 2 fully saturated rings. The molecular weight excluding hydrogens is 292 g/mol. The van der Waals surface area contributed by atoms with Crippen molar-refractivity contribution in [3.8, 4) is 0 Å². The minimum atomic E-state index is -0.106. The topological polar surface area (TPSA) is 36.4 Å². The number of aliphatic hydroxyl groups is 1. The van der Waals surface area contributed by atoms with Crippen LogP contribution in [0.5, 0.6) is 0 Å². The normalized spacial score (nSPS) is 32.1. The molecule has 1 aliphatic carbocycles. The quantitative estimate of drug-likeness (QED) is 0.912. The van der Waals surface area contributed by atoms with Crippen molar-refractivity contribution in [2.75, 3.05) is 11.4 Å². The Bertz CT molecular complexity index is 409. The molecule has 1 aromatic heterocycles. The second-order valence-corrected chi connectivity index (χ2v) is 6.32. The van der Waals surface area contributed by atoms with Gasteiger partial charge in [0.1, 0.15) is 5.82 Å². The van der Waals surface area contributed by atoms with Crippen LogP contribution in [0.2, 0.25) is 0 Å². The largest absolute Gasteiger partial charge is 0.393 e. The van der Waals surface area contributed by atoms with Crippen molar-refractivity contribution in [2.45, 2.75) is 44.2 Å². The minimum Gasteiger partial charge on any atom is -0.393 e. The summed E-state index contributed by atoms with van der Waals surface area (Å²) in [7, 11) is 0. The average molecular weight is 311 g/mol. The molecule has 2 heterocycles. The zero-order chi connectivity index (χ0) is 12.5. The second-order valence-electron chi connectivity index (χ2n) is 5.40. The van der Waals surface area contributed by atoms with E-state index in [-0.39, 0.29) is 6.10 Å². The first kappa shape index (κ1) is 12.4. The highest BCUT2D eigenvalue weighted by atomic mass is 79.9. The lowest BCUT2D eigenvalue weighted by atomic mass is 9.94. The number of aliphatic hydroxyl groups excluding tert-OH is 1. The molecule has 0 aromatic carbocycles. The highest BCUT2D eigenvalue weighted by Gasteiger charge is 2.38. The van der Waals surface area contributed by atoms with Crippen LogP contribution in [0.1, 0.15) is 32.1 Å². The molecule has 1 saturated heterocycles. The van der Waals surface area contributed by atoms with Gasteiger partial charge in [0.15, 0.2) is 0 Å². The summed E-state index contributed by atoms with van der Waals surface area (Å²) in [5, 5.41) is 10.1. The van der Waals surface area contributed by atoms with Gasteiger partial charge in [0.25, 0.3) is 0 Å². The SMILES string of the molecule is OC1CCCC1C1CCCN1c1ccc(Br)cn1. The number of rotatable bonds is 2. The molecule has 3 rings (SSSR count). The van der Waals surface area contributed by atoms with Crippen molar-refractivity contribution in [1.82, 2.24) is 4.98 Å². The number of halogens is 1. The van der Waals surface area contributed by atoms with E-state index in [9.17, 15) is 5.11 Å². The van der Waals surface area contributed by atoms with Crippen molar-refractivity contribution in [2.24, 2.45) is 5.92 Å². The van der Waals surface area contributed by atoms with Crippen LogP contribution >= 0.6 is 15.9 Å². The fraction of sp³-hybridized carbons (Fsp3) is 0.643. The average Bonchev–Trinajstić information content (AvgIpc) is 2.98. The molecule has 3 unspecified atom stereocenters. The molecule has 1 saturated carbocycles. The number of hydrogen-bond donors (Lipinski definition) is 1. The molecule has 1 aromatic rings. The fourth-order valence-electron chi connectivity index (χ4n) is 3.48. The van der Waals surface area contributed by atoms with E-state index in [2.05, 4.69) is 31.9 Å². The van der Waals surface area contributed by atoms with Crippen LogP contribution in [0.15, 0.2) is 22.8 Å². The van der Waals surface area contributed by atoms with Gasteiger partial charge in [-0.05, 0) is 53.7 Å². The van der Waals surface area contributed by atoms with Gasteiger partial charge < -0.3 is 10.0 Å².